The van der Waals surface area contributed by atoms with Crippen LogP contribution in [0.5, 0.6) is 0 Å². The van der Waals surface area contributed by atoms with Gasteiger partial charge in [-0.05, 0) is 6.42 Å². The van der Waals surface area contributed by atoms with Crippen LogP contribution in [0.2, 0.25) is 0 Å². The normalized spacial score (nSPS) is 29.0. The lowest BCUT2D eigenvalue weighted by Gasteiger charge is -2.65. The number of carbonyl (C=O) groups excluding carboxylic acids is 1. The predicted molar refractivity (Wildman–Crippen MR) is 96.2 cm³/mol. The molecule has 0 spiro atoms. The Morgan fingerprint density at radius 3 is 2.69 bits per heavy atom. The number of ether oxygens (including phenoxy) is 1. The number of anilines is 2. The van der Waals surface area contributed by atoms with E-state index in [-0.39, 0.29) is 24.2 Å². The Kier molecular flexibility index (Phi) is 5.04. The van der Waals surface area contributed by atoms with Gasteiger partial charge in [0.15, 0.2) is 0 Å². The molecule has 11 heteroatoms. The highest BCUT2D eigenvalue weighted by Gasteiger charge is 2.69. The molecule has 3 aliphatic carbocycles. The Morgan fingerprint density at radius 2 is 2.00 bits per heavy atom. The number of alkyl halides is 4. The summed E-state index contributed by atoms with van der Waals surface area (Å²) < 4.78 is 58.8. The SMILES string of the molecule is O=C1CCOCCN1CCCNc1nc(NC23CC(F)(C2)C3)ncc1C(F)(F)F. The van der Waals surface area contributed by atoms with Crippen LogP contribution in [0.3, 0.4) is 0 Å². The zero-order valence-electron chi connectivity index (χ0n) is 15.8. The van der Waals surface area contributed by atoms with Crippen molar-refractivity contribution in [2.24, 2.45) is 0 Å². The highest BCUT2D eigenvalue weighted by molar-refractivity contribution is 5.76. The average molecular weight is 417 g/mol. The summed E-state index contributed by atoms with van der Waals surface area (Å²) in [7, 11) is 0. The minimum Gasteiger partial charge on any atom is -0.379 e. The molecule has 1 aliphatic heterocycles. The Bertz CT molecular complexity index is 768. The van der Waals surface area contributed by atoms with E-state index in [1.165, 1.54) is 0 Å². The van der Waals surface area contributed by atoms with Crippen LogP contribution in [-0.4, -0.2) is 64.8 Å². The third-order valence-electron chi connectivity index (χ3n) is 5.65. The van der Waals surface area contributed by atoms with E-state index < -0.39 is 22.9 Å². The third-order valence-corrected chi connectivity index (χ3v) is 5.65. The van der Waals surface area contributed by atoms with Gasteiger partial charge in [-0.1, -0.05) is 0 Å². The number of carbonyl (C=O) groups is 1. The van der Waals surface area contributed by atoms with Gasteiger partial charge in [0.25, 0.3) is 0 Å². The van der Waals surface area contributed by atoms with Crippen molar-refractivity contribution in [1.29, 1.82) is 0 Å². The van der Waals surface area contributed by atoms with E-state index >= 15 is 0 Å². The van der Waals surface area contributed by atoms with E-state index in [1.54, 1.807) is 4.90 Å². The Balaban J connectivity index is 1.36. The quantitative estimate of drug-likeness (QED) is 0.525. The van der Waals surface area contributed by atoms with Crippen LogP contribution in [0, 0.1) is 0 Å². The highest BCUT2D eigenvalue weighted by atomic mass is 19.4. The lowest BCUT2D eigenvalue weighted by molar-refractivity contribution is -0.137. The molecule has 3 saturated carbocycles. The van der Waals surface area contributed by atoms with Crippen LogP contribution in [0.25, 0.3) is 0 Å². The smallest absolute Gasteiger partial charge is 0.379 e. The van der Waals surface area contributed by atoms with E-state index in [2.05, 4.69) is 20.6 Å². The molecule has 4 fully saturated rings. The molecule has 0 atom stereocenters. The molecule has 4 aliphatic rings. The molecule has 0 aromatic carbocycles. The molecule has 2 heterocycles. The summed E-state index contributed by atoms with van der Waals surface area (Å²) in [5.41, 5.74) is -2.52. The second-order valence-corrected chi connectivity index (χ2v) is 8.06. The number of nitrogens with zero attached hydrogens (tertiary/aromatic N) is 3. The van der Waals surface area contributed by atoms with Crippen LogP contribution < -0.4 is 10.6 Å². The summed E-state index contributed by atoms with van der Waals surface area (Å²) in [4.78, 5) is 21.3. The summed E-state index contributed by atoms with van der Waals surface area (Å²) in [6.45, 7) is 1.97. The molecule has 1 saturated heterocycles. The maximum absolute atomic E-state index is 13.7. The molecule has 1 aromatic rings. The maximum atomic E-state index is 13.7. The monoisotopic (exact) mass is 417 g/mol. The van der Waals surface area contributed by atoms with Crippen molar-refractivity contribution in [3.63, 3.8) is 0 Å². The van der Waals surface area contributed by atoms with Gasteiger partial charge in [0.05, 0.1) is 19.6 Å². The molecule has 0 radical (unpaired) electrons. The molecule has 1 amide bonds. The first-order chi connectivity index (χ1) is 13.7. The lowest BCUT2D eigenvalue weighted by atomic mass is 9.47. The van der Waals surface area contributed by atoms with E-state index in [9.17, 15) is 22.4 Å². The molecule has 2 N–H and O–H groups in total. The van der Waals surface area contributed by atoms with E-state index in [0.717, 1.165) is 6.20 Å². The lowest BCUT2D eigenvalue weighted by Crippen LogP contribution is -2.73. The van der Waals surface area contributed by atoms with Crippen molar-refractivity contribution < 1.29 is 27.1 Å². The first kappa shape index (κ1) is 20.1. The number of hydrogen-bond donors (Lipinski definition) is 2. The molecule has 0 unspecified atom stereocenters. The first-order valence-electron chi connectivity index (χ1n) is 9.69. The number of nitrogens with one attached hydrogen (secondary N) is 2. The van der Waals surface area contributed by atoms with E-state index in [1.807, 2.05) is 0 Å². The molecule has 5 rings (SSSR count). The van der Waals surface area contributed by atoms with Crippen LogP contribution in [0.15, 0.2) is 6.20 Å². The van der Waals surface area contributed by atoms with Gasteiger partial charge in [-0.2, -0.15) is 18.2 Å². The second-order valence-electron chi connectivity index (χ2n) is 8.06. The molecule has 7 nitrogen and oxygen atoms in total. The molecule has 29 heavy (non-hydrogen) atoms. The fourth-order valence-corrected chi connectivity index (χ4v) is 4.25. The van der Waals surface area contributed by atoms with Gasteiger partial charge >= 0.3 is 6.18 Å². The van der Waals surface area contributed by atoms with Crippen molar-refractivity contribution in [3.8, 4) is 0 Å². The summed E-state index contributed by atoms with van der Waals surface area (Å²) in [6.07, 6.45) is -2.08. The maximum Gasteiger partial charge on any atom is 0.421 e. The van der Waals surface area contributed by atoms with Gasteiger partial charge < -0.3 is 20.3 Å². The number of rotatable bonds is 7. The largest absolute Gasteiger partial charge is 0.421 e. The van der Waals surface area contributed by atoms with Crippen molar-refractivity contribution in [3.05, 3.63) is 11.8 Å². The van der Waals surface area contributed by atoms with Crippen LogP contribution in [0.1, 0.15) is 37.7 Å². The Hall–Kier alpha value is -2.17. The Morgan fingerprint density at radius 1 is 1.24 bits per heavy atom. The van der Waals surface area contributed by atoms with Crippen molar-refractivity contribution in [1.82, 2.24) is 14.9 Å². The zero-order valence-corrected chi connectivity index (χ0v) is 15.8. The molecular weight excluding hydrogens is 394 g/mol. The molecule has 160 valence electrons. The Labute approximate surface area is 165 Å². The fraction of sp³-hybridized carbons (Fsp3) is 0.722. The average Bonchev–Trinajstić information content (AvgIpc) is 2.80. The number of hydrogen-bond acceptors (Lipinski definition) is 6. The van der Waals surface area contributed by atoms with Crippen molar-refractivity contribution in [2.75, 3.05) is 43.5 Å². The van der Waals surface area contributed by atoms with Crippen molar-refractivity contribution in [2.45, 2.75) is 49.5 Å². The molecule has 2 bridgehead atoms. The summed E-state index contributed by atoms with van der Waals surface area (Å²) >= 11 is 0. The number of aromatic nitrogens is 2. The number of halogens is 4. The van der Waals surface area contributed by atoms with Gasteiger partial charge in [-0.25, -0.2) is 9.37 Å². The number of amides is 1. The minimum absolute atomic E-state index is 0.0174. The van der Waals surface area contributed by atoms with Crippen LogP contribution in [-0.2, 0) is 15.7 Å². The van der Waals surface area contributed by atoms with E-state index in [4.69, 9.17) is 4.74 Å². The molecule has 1 aromatic heterocycles. The first-order valence-corrected chi connectivity index (χ1v) is 9.69. The summed E-state index contributed by atoms with van der Waals surface area (Å²) in [5.74, 6) is -0.277. The second kappa shape index (κ2) is 7.26. The van der Waals surface area contributed by atoms with E-state index in [0.29, 0.717) is 58.4 Å². The molecular formula is C18H23F4N5O2. The van der Waals surface area contributed by atoms with Gasteiger partial charge in [0, 0.05) is 50.6 Å². The zero-order chi connectivity index (χ0) is 20.7. The minimum atomic E-state index is -4.60. The van der Waals surface area contributed by atoms with Crippen LogP contribution in [0.4, 0.5) is 29.3 Å². The van der Waals surface area contributed by atoms with Gasteiger partial charge in [0.2, 0.25) is 11.9 Å². The highest BCUT2D eigenvalue weighted by Crippen LogP contribution is 2.64. The standard InChI is InChI=1S/C18H23F4N5O2/c19-16-9-17(10-16,11-16)26-15-24-8-12(18(20,21)22)14(25-15)23-3-1-4-27-5-7-29-6-2-13(27)28/h8H,1-7,9-11H2,(H2,23,24,25,26). The predicted octanol–water partition coefficient (Wildman–Crippen LogP) is 2.60. The van der Waals surface area contributed by atoms with Gasteiger partial charge in [0.1, 0.15) is 17.1 Å². The summed E-state index contributed by atoms with van der Waals surface area (Å²) in [5, 5.41) is 5.70. The van der Waals surface area contributed by atoms with Crippen LogP contribution >= 0.6 is 0 Å². The topological polar surface area (TPSA) is 79.4 Å². The van der Waals surface area contributed by atoms with Crippen molar-refractivity contribution >= 4 is 17.7 Å². The fourth-order valence-electron chi connectivity index (χ4n) is 4.25. The van der Waals surface area contributed by atoms with Gasteiger partial charge in [-0.3, -0.25) is 4.79 Å². The van der Waals surface area contributed by atoms with Gasteiger partial charge in [-0.15, -0.1) is 0 Å². The third kappa shape index (κ3) is 4.24. The summed E-state index contributed by atoms with van der Waals surface area (Å²) in [6, 6.07) is 0.